The Balaban J connectivity index is 5.02. The average Bonchev–Trinajstić information content (AvgIpc) is 2.54. The first kappa shape index (κ1) is 25.6. The Labute approximate surface area is 167 Å². The van der Waals surface area contributed by atoms with Crippen LogP contribution in [0.2, 0.25) is 0 Å². The number of hydrogen-bond acceptors (Lipinski definition) is 3. The first-order valence-electron chi connectivity index (χ1n) is 10.6. The van der Waals surface area contributed by atoms with Gasteiger partial charge in [-0.05, 0) is 62.2 Å². The van der Waals surface area contributed by atoms with Gasteiger partial charge in [0.1, 0.15) is 0 Å². The lowest BCUT2D eigenvalue weighted by molar-refractivity contribution is -0.170. The van der Waals surface area contributed by atoms with Crippen LogP contribution in [0.1, 0.15) is 80.1 Å². The third-order valence-electron chi connectivity index (χ3n) is 5.54. The van der Waals surface area contributed by atoms with Gasteiger partial charge in [0.2, 0.25) is 0 Å². The molecule has 0 N–H and O–H groups in total. The molecule has 0 spiro atoms. The van der Waals surface area contributed by atoms with Crippen LogP contribution in [0.15, 0.2) is 25.3 Å². The van der Waals surface area contributed by atoms with Crippen LogP contribution >= 0.6 is 0 Å². The van der Waals surface area contributed by atoms with E-state index in [1.807, 2.05) is 39.8 Å². The van der Waals surface area contributed by atoms with Crippen molar-refractivity contribution >= 4 is 11.9 Å². The van der Waals surface area contributed by atoms with Crippen molar-refractivity contribution in [3.63, 3.8) is 0 Å². The molecule has 0 aromatic rings. The highest BCUT2D eigenvalue weighted by Gasteiger charge is 2.35. The Morgan fingerprint density at radius 3 is 1.33 bits per heavy atom. The summed E-state index contributed by atoms with van der Waals surface area (Å²) in [5, 5.41) is 0. The summed E-state index contributed by atoms with van der Waals surface area (Å²) in [5.74, 6) is -0.543. The molecular formula is C24H42O3. The van der Waals surface area contributed by atoms with Gasteiger partial charge >= 0.3 is 11.9 Å². The zero-order valence-corrected chi connectivity index (χ0v) is 18.5. The predicted octanol–water partition coefficient (Wildman–Crippen LogP) is 6.59. The third-order valence-corrected chi connectivity index (χ3v) is 5.54. The SMILES string of the molecule is C=CCCCC(C)C(C(=O)OC(=O)C(C(C)C)C(C)CCCC=C)C(C)C. The number of carbonyl (C=O) groups excluding carboxylic acids is 2. The average molecular weight is 379 g/mol. The van der Waals surface area contributed by atoms with Crippen LogP contribution in [0.3, 0.4) is 0 Å². The van der Waals surface area contributed by atoms with Crippen LogP contribution in [0.25, 0.3) is 0 Å². The Bertz CT molecular complexity index is 422. The minimum Gasteiger partial charge on any atom is -0.393 e. The van der Waals surface area contributed by atoms with Crippen molar-refractivity contribution in [2.45, 2.75) is 80.1 Å². The van der Waals surface area contributed by atoms with Crippen molar-refractivity contribution in [2.75, 3.05) is 0 Å². The van der Waals surface area contributed by atoms with Gasteiger partial charge in [-0.1, -0.05) is 53.7 Å². The monoisotopic (exact) mass is 378 g/mol. The van der Waals surface area contributed by atoms with Crippen LogP contribution in [-0.4, -0.2) is 11.9 Å². The fourth-order valence-corrected chi connectivity index (χ4v) is 4.09. The predicted molar refractivity (Wildman–Crippen MR) is 114 cm³/mol. The number of rotatable bonds is 14. The van der Waals surface area contributed by atoms with Crippen LogP contribution in [0.5, 0.6) is 0 Å². The van der Waals surface area contributed by atoms with E-state index >= 15 is 0 Å². The van der Waals surface area contributed by atoms with Crippen molar-refractivity contribution in [3.05, 3.63) is 25.3 Å². The maximum absolute atomic E-state index is 12.8. The van der Waals surface area contributed by atoms with E-state index in [-0.39, 0.29) is 47.4 Å². The number of ether oxygens (including phenoxy) is 1. The van der Waals surface area contributed by atoms with Gasteiger partial charge < -0.3 is 4.74 Å². The number of unbranched alkanes of at least 4 members (excludes halogenated alkanes) is 2. The van der Waals surface area contributed by atoms with Gasteiger partial charge in [0.15, 0.2) is 0 Å². The molecule has 0 heterocycles. The quantitative estimate of drug-likeness (QED) is 0.148. The van der Waals surface area contributed by atoms with Crippen molar-refractivity contribution in [2.24, 2.45) is 35.5 Å². The standard InChI is InChI=1S/C24H42O3/c1-9-11-13-15-19(7)21(17(3)4)23(25)27-24(26)22(18(5)6)20(8)16-14-12-10-2/h9-10,17-22H,1-2,11-16H2,3-8H3. The molecule has 0 bridgehead atoms. The largest absolute Gasteiger partial charge is 0.393 e. The van der Waals surface area contributed by atoms with E-state index in [0.717, 1.165) is 38.5 Å². The van der Waals surface area contributed by atoms with Gasteiger partial charge in [-0.2, -0.15) is 0 Å². The Kier molecular flexibility index (Phi) is 13.0. The van der Waals surface area contributed by atoms with Crippen LogP contribution < -0.4 is 0 Å². The molecule has 3 nitrogen and oxygen atoms in total. The zero-order valence-electron chi connectivity index (χ0n) is 18.5. The van der Waals surface area contributed by atoms with E-state index in [9.17, 15) is 9.59 Å². The maximum atomic E-state index is 12.8. The highest BCUT2D eigenvalue weighted by Crippen LogP contribution is 2.30. The van der Waals surface area contributed by atoms with Gasteiger partial charge in [0, 0.05) is 0 Å². The van der Waals surface area contributed by atoms with Gasteiger partial charge in [-0.25, -0.2) is 0 Å². The molecule has 0 saturated heterocycles. The number of carbonyl (C=O) groups is 2. The van der Waals surface area contributed by atoms with Crippen LogP contribution in [-0.2, 0) is 14.3 Å². The molecule has 0 fully saturated rings. The van der Waals surface area contributed by atoms with E-state index in [2.05, 4.69) is 27.0 Å². The second-order valence-electron chi connectivity index (χ2n) is 8.67. The summed E-state index contributed by atoms with van der Waals surface area (Å²) in [4.78, 5) is 25.6. The zero-order chi connectivity index (χ0) is 21.0. The number of allylic oxidation sites excluding steroid dienone is 2. The Morgan fingerprint density at radius 2 is 1.07 bits per heavy atom. The number of esters is 2. The van der Waals surface area contributed by atoms with Crippen molar-refractivity contribution < 1.29 is 14.3 Å². The number of hydrogen-bond donors (Lipinski definition) is 0. The molecule has 0 aliphatic heterocycles. The summed E-state index contributed by atoms with van der Waals surface area (Å²) in [6.07, 6.45) is 9.57. The Morgan fingerprint density at radius 1 is 0.741 bits per heavy atom. The molecule has 0 rings (SSSR count). The van der Waals surface area contributed by atoms with E-state index in [4.69, 9.17) is 4.74 Å². The lowest BCUT2D eigenvalue weighted by Crippen LogP contribution is -2.35. The molecule has 156 valence electrons. The van der Waals surface area contributed by atoms with Crippen molar-refractivity contribution in [1.82, 2.24) is 0 Å². The fourth-order valence-electron chi connectivity index (χ4n) is 4.09. The molecule has 0 aromatic carbocycles. The van der Waals surface area contributed by atoms with Gasteiger partial charge in [-0.15, -0.1) is 13.2 Å². The molecule has 3 heteroatoms. The molecular weight excluding hydrogens is 336 g/mol. The normalized spacial score (nSPS) is 15.9. The topological polar surface area (TPSA) is 43.4 Å². The summed E-state index contributed by atoms with van der Waals surface area (Å²) in [6.45, 7) is 19.8. The fraction of sp³-hybridized carbons (Fsp3) is 0.750. The van der Waals surface area contributed by atoms with Gasteiger partial charge in [0.05, 0.1) is 11.8 Å². The highest BCUT2D eigenvalue weighted by molar-refractivity contribution is 5.88. The van der Waals surface area contributed by atoms with E-state index in [1.165, 1.54) is 0 Å². The first-order chi connectivity index (χ1) is 12.7. The van der Waals surface area contributed by atoms with E-state index in [1.54, 1.807) is 0 Å². The summed E-state index contributed by atoms with van der Waals surface area (Å²) in [5.41, 5.74) is 0. The van der Waals surface area contributed by atoms with Crippen LogP contribution in [0.4, 0.5) is 0 Å². The minimum atomic E-state index is -0.356. The molecule has 0 aliphatic rings. The first-order valence-corrected chi connectivity index (χ1v) is 10.6. The van der Waals surface area contributed by atoms with Crippen molar-refractivity contribution in [1.29, 1.82) is 0 Å². The lowest BCUT2D eigenvalue weighted by Gasteiger charge is -2.28. The van der Waals surface area contributed by atoms with Crippen molar-refractivity contribution in [3.8, 4) is 0 Å². The molecule has 0 aliphatic carbocycles. The second kappa shape index (κ2) is 13.7. The summed E-state index contributed by atoms with van der Waals surface area (Å²) in [7, 11) is 0. The third kappa shape index (κ3) is 9.39. The summed E-state index contributed by atoms with van der Waals surface area (Å²) >= 11 is 0. The molecule has 0 aromatic heterocycles. The van der Waals surface area contributed by atoms with Gasteiger partial charge in [-0.3, -0.25) is 9.59 Å². The summed E-state index contributed by atoms with van der Waals surface area (Å²) in [6, 6.07) is 0. The molecule has 4 unspecified atom stereocenters. The van der Waals surface area contributed by atoms with Gasteiger partial charge in [0.25, 0.3) is 0 Å². The lowest BCUT2D eigenvalue weighted by atomic mass is 9.80. The highest BCUT2D eigenvalue weighted by atomic mass is 16.6. The molecule has 0 amide bonds. The molecule has 0 radical (unpaired) electrons. The minimum absolute atomic E-state index is 0.145. The Hall–Kier alpha value is -1.38. The molecule has 27 heavy (non-hydrogen) atoms. The molecule has 4 atom stereocenters. The maximum Gasteiger partial charge on any atom is 0.317 e. The smallest absolute Gasteiger partial charge is 0.317 e. The molecule has 0 saturated carbocycles. The van der Waals surface area contributed by atoms with Crippen LogP contribution in [0, 0.1) is 35.5 Å². The van der Waals surface area contributed by atoms with E-state index in [0.29, 0.717) is 0 Å². The van der Waals surface area contributed by atoms with E-state index < -0.39 is 0 Å². The summed E-state index contributed by atoms with van der Waals surface area (Å²) < 4.78 is 5.43. The second-order valence-corrected chi connectivity index (χ2v) is 8.67.